The summed E-state index contributed by atoms with van der Waals surface area (Å²) in [7, 11) is 1.65. The molecule has 19 heavy (non-hydrogen) atoms. The fourth-order valence-corrected chi connectivity index (χ4v) is 2.58. The molecule has 0 bridgehead atoms. The zero-order chi connectivity index (χ0) is 13.8. The van der Waals surface area contributed by atoms with E-state index in [1.54, 1.807) is 13.1 Å². The van der Waals surface area contributed by atoms with Crippen molar-refractivity contribution in [2.45, 2.75) is 24.0 Å². The van der Waals surface area contributed by atoms with Crippen molar-refractivity contribution >= 4 is 29.3 Å². The lowest BCUT2D eigenvalue weighted by molar-refractivity contribution is -0.121. The Bertz CT molecular complexity index is 446. The Labute approximate surface area is 116 Å². The van der Waals surface area contributed by atoms with Gasteiger partial charge in [-0.1, -0.05) is 11.8 Å². The number of rotatable bonds is 4. The van der Waals surface area contributed by atoms with Gasteiger partial charge in [0.05, 0.1) is 0 Å². The minimum atomic E-state index is -0.166. The average Bonchev–Trinajstić information content (AvgIpc) is 2.95. The highest BCUT2D eigenvalue weighted by molar-refractivity contribution is 7.98. The Kier molecular flexibility index (Phi) is 4.43. The fourth-order valence-electron chi connectivity index (χ4n) is 2.21. The van der Waals surface area contributed by atoms with E-state index < -0.39 is 0 Å². The number of anilines is 2. The number of aromatic nitrogens is 2. The number of hydrazine groups is 1. The Balaban J connectivity index is 2.31. The highest BCUT2D eigenvalue weighted by Gasteiger charge is 2.31. The first-order valence-corrected chi connectivity index (χ1v) is 7.30. The van der Waals surface area contributed by atoms with Crippen LogP contribution < -0.4 is 21.5 Å². The summed E-state index contributed by atoms with van der Waals surface area (Å²) in [6, 6.07) is 1.60. The predicted octanol–water partition coefficient (Wildman–Crippen LogP) is 0.199. The summed E-state index contributed by atoms with van der Waals surface area (Å²) in [4.78, 5) is 22.5. The molecule has 1 saturated heterocycles. The number of likely N-dealkylation sites (N-methyl/N-ethyl adjacent to an activating group) is 1. The lowest BCUT2D eigenvalue weighted by atomic mass is 10.2. The van der Waals surface area contributed by atoms with Gasteiger partial charge in [-0.25, -0.2) is 15.8 Å². The number of carbonyl (C=O) groups excluding carboxylic acids is 1. The lowest BCUT2D eigenvalue weighted by Crippen LogP contribution is -2.42. The number of thioether (sulfide) groups is 1. The molecule has 2 rings (SSSR count). The molecule has 1 aliphatic rings. The maximum Gasteiger partial charge on any atom is 0.242 e. The molecule has 1 aliphatic heterocycles. The first-order chi connectivity index (χ1) is 9.19. The van der Waals surface area contributed by atoms with Crippen LogP contribution in [0.5, 0.6) is 0 Å². The average molecular weight is 282 g/mol. The van der Waals surface area contributed by atoms with Crippen LogP contribution in [-0.4, -0.2) is 41.8 Å². The summed E-state index contributed by atoms with van der Waals surface area (Å²) in [6.45, 7) is 0.812. The number of amides is 1. The maximum atomic E-state index is 11.9. The van der Waals surface area contributed by atoms with Gasteiger partial charge in [0, 0.05) is 19.7 Å². The molecule has 7 nitrogen and oxygen atoms in total. The number of nitrogens with zero attached hydrogens (tertiary/aromatic N) is 3. The minimum Gasteiger partial charge on any atom is -0.357 e. The second-order valence-electron chi connectivity index (χ2n) is 4.21. The number of nitrogens with two attached hydrogens (primary N) is 1. The Hall–Kier alpha value is -1.54. The standard InChI is InChI=1S/C11H18N6OS/c1-13-10(18)7-4-3-5-17(7)9-6-8(16-12)14-11(15-9)19-2/h6-7H,3-5,12H2,1-2H3,(H,13,18)(H,14,15,16). The molecular weight excluding hydrogens is 264 g/mol. The predicted molar refractivity (Wildman–Crippen MR) is 76.1 cm³/mol. The van der Waals surface area contributed by atoms with Gasteiger partial charge in [0.2, 0.25) is 5.91 Å². The molecule has 0 aromatic carbocycles. The topological polar surface area (TPSA) is 96.2 Å². The van der Waals surface area contributed by atoms with Crippen LogP contribution in [0.25, 0.3) is 0 Å². The van der Waals surface area contributed by atoms with E-state index in [2.05, 4.69) is 20.7 Å². The summed E-state index contributed by atoms with van der Waals surface area (Å²) in [5.41, 5.74) is 2.53. The van der Waals surface area contributed by atoms with Crippen LogP contribution in [0.15, 0.2) is 11.2 Å². The Morgan fingerprint density at radius 1 is 1.58 bits per heavy atom. The molecule has 1 atom stereocenters. The van der Waals surface area contributed by atoms with Gasteiger partial charge in [0.15, 0.2) is 5.16 Å². The fraction of sp³-hybridized carbons (Fsp3) is 0.545. The van der Waals surface area contributed by atoms with E-state index in [-0.39, 0.29) is 11.9 Å². The monoisotopic (exact) mass is 282 g/mol. The van der Waals surface area contributed by atoms with Crippen LogP contribution in [0.3, 0.4) is 0 Å². The quantitative estimate of drug-likeness (QED) is 0.314. The van der Waals surface area contributed by atoms with Crippen molar-refractivity contribution in [3.05, 3.63) is 6.07 Å². The van der Waals surface area contributed by atoms with Crippen molar-refractivity contribution < 1.29 is 4.79 Å². The van der Waals surface area contributed by atoms with Crippen molar-refractivity contribution in [3.8, 4) is 0 Å². The smallest absolute Gasteiger partial charge is 0.242 e. The first kappa shape index (κ1) is 13.9. The zero-order valence-electron chi connectivity index (χ0n) is 11.0. The van der Waals surface area contributed by atoms with Gasteiger partial charge < -0.3 is 15.6 Å². The van der Waals surface area contributed by atoms with Gasteiger partial charge in [-0.2, -0.15) is 0 Å². The van der Waals surface area contributed by atoms with Gasteiger partial charge in [-0.15, -0.1) is 0 Å². The molecule has 4 N–H and O–H groups in total. The van der Waals surface area contributed by atoms with Gasteiger partial charge in [0.1, 0.15) is 17.7 Å². The van der Waals surface area contributed by atoms with Crippen molar-refractivity contribution in [2.75, 3.05) is 30.2 Å². The third kappa shape index (κ3) is 2.90. The van der Waals surface area contributed by atoms with E-state index >= 15 is 0 Å². The van der Waals surface area contributed by atoms with Gasteiger partial charge in [-0.05, 0) is 19.1 Å². The highest BCUT2D eigenvalue weighted by Crippen LogP contribution is 2.27. The molecule has 0 radical (unpaired) electrons. The Morgan fingerprint density at radius 3 is 3.00 bits per heavy atom. The largest absolute Gasteiger partial charge is 0.357 e. The van der Waals surface area contributed by atoms with Crippen LogP contribution in [-0.2, 0) is 4.79 Å². The molecule has 104 valence electrons. The molecule has 0 spiro atoms. The van der Waals surface area contributed by atoms with Gasteiger partial charge in [-0.3, -0.25) is 4.79 Å². The maximum absolute atomic E-state index is 11.9. The number of nitrogens with one attached hydrogen (secondary N) is 2. The zero-order valence-corrected chi connectivity index (χ0v) is 11.8. The second kappa shape index (κ2) is 6.07. The first-order valence-electron chi connectivity index (χ1n) is 6.07. The molecule has 1 unspecified atom stereocenters. The van der Waals surface area contributed by atoms with E-state index in [0.29, 0.717) is 11.0 Å². The third-order valence-electron chi connectivity index (χ3n) is 3.12. The normalized spacial score (nSPS) is 18.5. The van der Waals surface area contributed by atoms with E-state index in [9.17, 15) is 4.79 Å². The van der Waals surface area contributed by atoms with E-state index in [1.165, 1.54) is 11.8 Å². The molecule has 1 aromatic heterocycles. The molecule has 8 heteroatoms. The molecular formula is C11H18N6OS. The second-order valence-corrected chi connectivity index (χ2v) is 4.98. The van der Waals surface area contributed by atoms with Crippen LogP contribution in [0.4, 0.5) is 11.6 Å². The summed E-state index contributed by atoms with van der Waals surface area (Å²) in [5.74, 6) is 6.72. The van der Waals surface area contributed by atoms with Gasteiger partial charge in [0.25, 0.3) is 0 Å². The van der Waals surface area contributed by atoms with Crippen molar-refractivity contribution in [3.63, 3.8) is 0 Å². The number of hydrogen-bond acceptors (Lipinski definition) is 7. The minimum absolute atomic E-state index is 0.0177. The number of nitrogen functional groups attached to an aromatic ring is 1. The van der Waals surface area contributed by atoms with Gasteiger partial charge >= 0.3 is 0 Å². The molecule has 1 amide bonds. The molecule has 0 saturated carbocycles. The van der Waals surface area contributed by atoms with E-state index in [1.807, 2.05) is 11.2 Å². The lowest BCUT2D eigenvalue weighted by Gasteiger charge is -2.24. The number of carbonyl (C=O) groups is 1. The third-order valence-corrected chi connectivity index (χ3v) is 3.67. The number of hydrogen-bond donors (Lipinski definition) is 3. The summed E-state index contributed by atoms with van der Waals surface area (Å²) < 4.78 is 0. The molecule has 0 aliphatic carbocycles. The van der Waals surface area contributed by atoms with Crippen LogP contribution in [0.1, 0.15) is 12.8 Å². The Morgan fingerprint density at radius 2 is 2.37 bits per heavy atom. The SMILES string of the molecule is CNC(=O)C1CCCN1c1cc(NN)nc(SC)n1. The van der Waals surface area contributed by atoms with Crippen molar-refractivity contribution in [1.82, 2.24) is 15.3 Å². The summed E-state index contributed by atoms with van der Waals surface area (Å²) >= 11 is 1.44. The molecule has 1 aromatic rings. The van der Waals surface area contributed by atoms with Crippen LogP contribution in [0.2, 0.25) is 0 Å². The molecule has 2 heterocycles. The highest BCUT2D eigenvalue weighted by atomic mass is 32.2. The van der Waals surface area contributed by atoms with Crippen LogP contribution in [0, 0.1) is 0 Å². The van der Waals surface area contributed by atoms with E-state index in [0.717, 1.165) is 25.2 Å². The summed E-state index contributed by atoms with van der Waals surface area (Å²) in [6.07, 6.45) is 3.71. The van der Waals surface area contributed by atoms with Crippen molar-refractivity contribution in [1.29, 1.82) is 0 Å². The van der Waals surface area contributed by atoms with Crippen molar-refractivity contribution in [2.24, 2.45) is 5.84 Å². The van der Waals surface area contributed by atoms with E-state index in [4.69, 9.17) is 5.84 Å². The summed E-state index contributed by atoms with van der Waals surface area (Å²) in [5, 5.41) is 3.33. The van der Waals surface area contributed by atoms with Crippen LogP contribution >= 0.6 is 11.8 Å². The molecule has 1 fully saturated rings.